The summed E-state index contributed by atoms with van der Waals surface area (Å²) in [5.74, 6) is 0.685. The first-order valence-corrected chi connectivity index (χ1v) is 6.53. The van der Waals surface area contributed by atoms with Gasteiger partial charge in [-0.2, -0.15) is 0 Å². The van der Waals surface area contributed by atoms with E-state index in [-0.39, 0.29) is 0 Å². The van der Waals surface area contributed by atoms with Crippen LogP contribution in [0.4, 0.5) is 11.4 Å². The van der Waals surface area contributed by atoms with Gasteiger partial charge in [-0.3, -0.25) is 0 Å². The molecule has 0 unspecified atom stereocenters. The van der Waals surface area contributed by atoms with Crippen LogP contribution in [0.25, 0.3) is 11.1 Å². The van der Waals surface area contributed by atoms with E-state index in [0.29, 0.717) is 5.89 Å². The molecule has 0 bridgehead atoms. The van der Waals surface area contributed by atoms with Gasteiger partial charge in [0.25, 0.3) is 0 Å². The molecule has 1 aromatic carbocycles. The third kappa shape index (κ3) is 2.04. The van der Waals surface area contributed by atoms with E-state index in [1.807, 2.05) is 36.6 Å². The lowest BCUT2D eigenvalue weighted by Crippen LogP contribution is -1.99. The van der Waals surface area contributed by atoms with Crippen LogP contribution in [0.2, 0.25) is 0 Å². The molecule has 0 saturated carbocycles. The van der Waals surface area contributed by atoms with E-state index in [9.17, 15) is 0 Å². The molecule has 3 aromatic rings. The zero-order chi connectivity index (χ0) is 12.5. The predicted molar refractivity (Wildman–Crippen MR) is 74.8 cm³/mol. The van der Waals surface area contributed by atoms with Gasteiger partial charge in [0, 0.05) is 23.2 Å². The first kappa shape index (κ1) is 11.1. The molecule has 0 aliphatic heterocycles. The molecule has 0 atom stereocenters. The summed E-state index contributed by atoms with van der Waals surface area (Å²) < 4.78 is 5.44. The summed E-state index contributed by atoms with van der Waals surface area (Å²) in [6.45, 7) is 2.57. The molecule has 3 N–H and O–H groups in total. The summed E-state index contributed by atoms with van der Waals surface area (Å²) in [5.41, 5.74) is 9.38. The molecule has 92 valence electrons. The second kappa shape index (κ2) is 4.34. The van der Waals surface area contributed by atoms with Crippen molar-refractivity contribution in [2.75, 3.05) is 11.1 Å². The lowest BCUT2D eigenvalue weighted by atomic mass is 10.3. The van der Waals surface area contributed by atoms with E-state index in [2.05, 4.69) is 10.3 Å². The number of nitrogens with zero attached hydrogens (tertiary/aromatic N) is 1. The van der Waals surface area contributed by atoms with Crippen molar-refractivity contribution >= 4 is 33.8 Å². The van der Waals surface area contributed by atoms with Crippen LogP contribution >= 0.6 is 11.3 Å². The van der Waals surface area contributed by atoms with Crippen molar-refractivity contribution in [3.63, 3.8) is 0 Å². The number of rotatable bonds is 3. The highest BCUT2D eigenvalue weighted by molar-refractivity contribution is 7.10. The Balaban J connectivity index is 1.80. The summed E-state index contributed by atoms with van der Waals surface area (Å²) in [5, 5.41) is 5.33. The number of nitrogens with two attached hydrogens (primary N) is 1. The molecule has 5 heteroatoms. The maximum absolute atomic E-state index is 5.84. The van der Waals surface area contributed by atoms with Gasteiger partial charge < -0.3 is 15.5 Å². The molecule has 0 spiro atoms. The van der Waals surface area contributed by atoms with E-state index in [0.717, 1.165) is 33.9 Å². The van der Waals surface area contributed by atoms with Crippen LogP contribution in [0.1, 0.15) is 10.8 Å². The number of fused-ring (bicyclic) bond motifs is 1. The average Bonchev–Trinajstić information content (AvgIpc) is 2.90. The molecular formula is C13H13N3OS. The molecule has 2 aromatic heterocycles. The lowest BCUT2D eigenvalue weighted by molar-refractivity contribution is 0.561. The highest BCUT2D eigenvalue weighted by atomic mass is 32.1. The van der Waals surface area contributed by atoms with Gasteiger partial charge >= 0.3 is 0 Å². The molecule has 18 heavy (non-hydrogen) atoms. The Bertz CT molecular complexity index is 686. The van der Waals surface area contributed by atoms with Gasteiger partial charge in [0.15, 0.2) is 11.5 Å². The summed E-state index contributed by atoms with van der Waals surface area (Å²) in [6, 6.07) is 7.81. The summed E-state index contributed by atoms with van der Waals surface area (Å²) in [4.78, 5) is 5.45. The normalized spacial score (nSPS) is 10.9. The fraction of sp³-hybridized carbons (Fsp3) is 0.154. The number of benzene rings is 1. The molecule has 0 radical (unpaired) electrons. The first-order chi connectivity index (χ1) is 8.72. The summed E-state index contributed by atoms with van der Waals surface area (Å²) in [6.07, 6.45) is 0. The maximum atomic E-state index is 5.84. The van der Waals surface area contributed by atoms with Crippen molar-refractivity contribution in [3.05, 3.63) is 40.4 Å². The van der Waals surface area contributed by atoms with Gasteiger partial charge in [-0.05, 0) is 29.6 Å². The molecule has 0 amide bonds. The number of anilines is 2. The second-order valence-electron chi connectivity index (χ2n) is 4.07. The average molecular weight is 259 g/mol. The van der Waals surface area contributed by atoms with Gasteiger partial charge in [-0.25, -0.2) is 4.98 Å². The van der Waals surface area contributed by atoms with Gasteiger partial charge in [0.1, 0.15) is 5.52 Å². The van der Waals surface area contributed by atoms with E-state index in [4.69, 9.17) is 10.2 Å². The van der Waals surface area contributed by atoms with Crippen LogP contribution in [0.3, 0.4) is 0 Å². The Morgan fingerprint density at radius 2 is 2.28 bits per heavy atom. The molecular weight excluding hydrogens is 246 g/mol. The van der Waals surface area contributed by atoms with Crippen molar-refractivity contribution in [1.29, 1.82) is 0 Å². The Morgan fingerprint density at radius 1 is 1.39 bits per heavy atom. The van der Waals surface area contributed by atoms with Crippen molar-refractivity contribution in [2.24, 2.45) is 0 Å². The topological polar surface area (TPSA) is 64.1 Å². The Kier molecular flexibility index (Phi) is 2.68. The third-order valence-corrected chi connectivity index (χ3v) is 3.66. The van der Waals surface area contributed by atoms with E-state index in [1.54, 1.807) is 11.3 Å². The van der Waals surface area contributed by atoms with Crippen LogP contribution in [-0.4, -0.2) is 4.98 Å². The third-order valence-electron chi connectivity index (χ3n) is 2.73. The van der Waals surface area contributed by atoms with Gasteiger partial charge in [0.2, 0.25) is 0 Å². The Hall–Kier alpha value is -2.01. The number of nitrogens with one attached hydrogen (secondary N) is 1. The van der Waals surface area contributed by atoms with Crippen molar-refractivity contribution in [1.82, 2.24) is 4.98 Å². The van der Waals surface area contributed by atoms with Gasteiger partial charge in [0.05, 0.1) is 6.54 Å². The van der Waals surface area contributed by atoms with Crippen LogP contribution in [0, 0.1) is 6.92 Å². The van der Waals surface area contributed by atoms with E-state index < -0.39 is 0 Å². The zero-order valence-electron chi connectivity index (χ0n) is 9.93. The number of nitrogen functional groups attached to an aromatic ring is 1. The highest BCUT2D eigenvalue weighted by Crippen LogP contribution is 2.23. The fourth-order valence-corrected chi connectivity index (χ4v) is 2.57. The quantitative estimate of drug-likeness (QED) is 0.756. The minimum atomic E-state index is 0.685. The van der Waals surface area contributed by atoms with Crippen molar-refractivity contribution in [2.45, 2.75) is 13.5 Å². The zero-order valence-corrected chi connectivity index (χ0v) is 10.8. The summed E-state index contributed by atoms with van der Waals surface area (Å²) in [7, 11) is 0. The Morgan fingerprint density at radius 3 is 3.06 bits per heavy atom. The smallest absolute Gasteiger partial charge is 0.192 e. The predicted octanol–water partition coefficient (Wildman–Crippen LogP) is 3.39. The van der Waals surface area contributed by atoms with Gasteiger partial charge in [-0.15, -0.1) is 11.3 Å². The molecule has 0 saturated heterocycles. The Labute approximate surface area is 108 Å². The molecule has 4 nitrogen and oxygen atoms in total. The number of hydrogen-bond donors (Lipinski definition) is 2. The number of thiophene rings is 1. The number of hydrogen-bond acceptors (Lipinski definition) is 5. The van der Waals surface area contributed by atoms with E-state index in [1.165, 1.54) is 0 Å². The van der Waals surface area contributed by atoms with Crippen molar-refractivity contribution < 1.29 is 4.42 Å². The second-order valence-corrected chi connectivity index (χ2v) is 5.07. The minimum Gasteiger partial charge on any atom is -0.441 e. The largest absolute Gasteiger partial charge is 0.441 e. The fourth-order valence-electron chi connectivity index (χ4n) is 1.83. The maximum Gasteiger partial charge on any atom is 0.192 e. The van der Waals surface area contributed by atoms with Crippen molar-refractivity contribution in [3.8, 4) is 0 Å². The highest BCUT2D eigenvalue weighted by Gasteiger charge is 2.04. The SMILES string of the molecule is Cc1nc2cc(NCc3sccc3N)ccc2o1. The number of aromatic nitrogens is 1. The molecule has 0 aliphatic carbocycles. The first-order valence-electron chi connectivity index (χ1n) is 5.65. The molecule has 3 rings (SSSR count). The molecule has 0 fully saturated rings. The molecule has 2 heterocycles. The monoisotopic (exact) mass is 259 g/mol. The number of oxazole rings is 1. The molecule has 0 aliphatic rings. The van der Waals surface area contributed by atoms with E-state index >= 15 is 0 Å². The number of aryl methyl sites for hydroxylation is 1. The standard InChI is InChI=1S/C13H13N3OS/c1-8-16-11-6-9(2-3-12(11)17-8)15-7-13-10(14)4-5-18-13/h2-6,15H,7,14H2,1H3. The van der Waals surface area contributed by atoms with Crippen LogP contribution in [-0.2, 0) is 6.54 Å². The minimum absolute atomic E-state index is 0.685. The van der Waals surface area contributed by atoms with Crippen LogP contribution < -0.4 is 11.1 Å². The lowest BCUT2D eigenvalue weighted by Gasteiger charge is -2.05. The van der Waals surface area contributed by atoms with Crippen LogP contribution in [0.5, 0.6) is 0 Å². The van der Waals surface area contributed by atoms with Crippen LogP contribution in [0.15, 0.2) is 34.1 Å². The van der Waals surface area contributed by atoms with Gasteiger partial charge in [-0.1, -0.05) is 0 Å². The summed E-state index contributed by atoms with van der Waals surface area (Å²) >= 11 is 1.65.